The van der Waals surface area contributed by atoms with Crippen molar-refractivity contribution in [3.8, 4) is 11.5 Å². The molecule has 0 amide bonds. The van der Waals surface area contributed by atoms with E-state index in [0.29, 0.717) is 35.9 Å². The maximum Gasteiger partial charge on any atom is 0.308 e. The fourth-order valence-electron chi connectivity index (χ4n) is 3.18. The molecule has 3 heterocycles. The number of esters is 1. The van der Waals surface area contributed by atoms with Crippen molar-refractivity contribution >= 4 is 29.1 Å². The molecular weight excluding hydrogens is 360 g/mol. The van der Waals surface area contributed by atoms with Crippen molar-refractivity contribution in [2.24, 2.45) is 9.98 Å². The highest BCUT2D eigenvalue weighted by Gasteiger charge is 2.32. The molecule has 0 radical (unpaired) electrons. The standard InChI is InChI=1S/C20H18N4O4/c1-12(25)28-16-6-5-14-18(19(16)27-2)23-17(24-9-8-22-20(14)24)10-15(26)13-4-3-7-21-11-13/h3-7,10-11,26H,8-9H2,1-2H3. The number of aliphatic hydroxyl groups excluding tert-OH is 1. The first kappa shape index (κ1) is 17.7. The van der Waals surface area contributed by atoms with Gasteiger partial charge in [-0.1, -0.05) is 0 Å². The van der Waals surface area contributed by atoms with E-state index in [9.17, 15) is 9.90 Å². The van der Waals surface area contributed by atoms with Gasteiger partial charge in [0.25, 0.3) is 0 Å². The topological polar surface area (TPSA) is 96.6 Å². The number of benzene rings is 1. The molecule has 2 aliphatic rings. The molecule has 8 heteroatoms. The number of methoxy groups -OCH3 is 1. The quantitative estimate of drug-likeness (QED) is 0.499. The summed E-state index contributed by atoms with van der Waals surface area (Å²) < 4.78 is 10.7. The van der Waals surface area contributed by atoms with Gasteiger partial charge in [0.05, 0.1) is 13.7 Å². The molecule has 0 saturated carbocycles. The number of hydrogen-bond donors (Lipinski definition) is 1. The van der Waals surface area contributed by atoms with Crippen molar-refractivity contribution in [3.05, 3.63) is 53.9 Å². The van der Waals surface area contributed by atoms with E-state index in [-0.39, 0.29) is 11.5 Å². The fourth-order valence-corrected chi connectivity index (χ4v) is 3.18. The number of aliphatic hydroxyl groups is 1. The average Bonchev–Trinajstić information content (AvgIpc) is 3.18. The Morgan fingerprint density at radius 1 is 1.32 bits per heavy atom. The minimum absolute atomic E-state index is 0.0386. The number of ether oxygens (including phenoxy) is 2. The molecule has 0 aliphatic carbocycles. The molecule has 0 fully saturated rings. The third-order valence-electron chi connectivity index (χ3n) is 4.36. The second-order valence-electron chi connectivity index (χ2n) is 6.19. The number of aliphatic imine (C=N–C) groups is 2. The first-order valence-electron chi connectivity index (χ1n) is 8.70. The number of pyridine rings is 1. The van der Waals surface area contributed by atoms with Crippen molar-refractivity contribution in [1.82, 2.24) is 9.88 Å². The number of carbonyl (C=O) groups excluding carboxylic acids is 1. The van der Waals surface area contributed by atoms with Gasteiger partial charge in [-0.3, -0.25) is 14.8 Å². The lowest BCUT2D eigenvalue weighted by atomic mass is 10.1. The Morgan fingerprint density at radius 3 is 2.89 bits per heavy atom. The molecule has 2 aliphatic heterocycles. The molecule has 142 valence electrons. The number of nitrogens with zero attached hydrogens (tertiary/aromatic N) is 4. The van der Waals surface area contributed by atoms with Crippen molar-refractivity contribution < 1.29 is 19.4 Å². The highest BCUT2D eigenvalue weighted by atomic mass is 16.6. The number of amidine groups is 2. The number of fused-ring (bicyclic) bond motifs is 3. The molecule has 1 N–H and O–H groups in total. The van der Waals surface area contributed by atoms with Gasteiger partial charge >= 0.3 is 5.97 Å². The van der Waals surface area contributed by atoms with Gasteiger partial charge in [0.2, 0.25) is 0 Å². The second kappa shape index (κ2) is 7.15. The minimum Gasteiger partial charge on any atom is -0.507 e. The maximum absolute atomic E-state index is 11.4. The summed E-state index contributed by atoms with van der Waals surface area (Å²) in [6, 6.07) is 6.98. The number of carbonyl (C=O) groups is 1. The molecule has 28 heavy (non-hydrogen) atoms. The second-order valence-corrected chi connectivity index (χ2v) is 6.19. The molecular formula is C20H18N4O4. The third-order valence-corrected chi connectivity index (χ3v) is 4.36. The number of rotatable bonds is 4. The molecule has 4 rings (SSSR count). The first-order chi connectivity index (χ1) is 13.6. The van der Waals surface area contributed by atoms with Crippen LogP contribution < -0.4 is 9.47 Å². The van der Waals surface area contributed by atoms with Crippen molar-refractivity contribution in [1.29, 1.82) is 0 Å². The highest BCUT2D eigenvalue weighted by Crippen LogP contribution is 2.43. The van der Waals surface area contributed by atoms with Gasteiger partial charge in [-0.2, -0.15) is 0 Å². The van der Waals surface area contributed by atoms with Gasteiger partial charge in [0.1, 0.15) is 23.1 Å². The Kier molecular flexibility index (Phi) is 4.52. The minimum atomic E-state index is -0.452. The molecule has 0 unspecified atom stereocenters. The zero-order valence-electron chi connectivity index (χ0n) is 15.4. The summed E-state index contributed by atoms with van der Waals surface area (Å²) in [5.41, 5.74) is 1.86. The van der Waals surface area contributed by atoms with Crippen LogP contribution >= 0.6 is 0 Å². The van der Waals surface area contributed by atoms with E-state index >= 15 is 0 Å². The van der Waals surface area contributed by atoms with E-state index in [0.717, 1.165) is 11.4 Å². The van der Waals surface area contributed by atoms with Gasteiger partial charge in [-0.05, 0) is 24.3 Å². The maximum atomic E-state index is 11.4. The van der Waals surface area contributed by atoms with E-state index in [2.05, 4.69) is 15.0 Å². The summed E-state index contributed by atoms with van der Waals surface area (Å²) in [6.45, 7) is 2.59. The Hall–Kier alpha value is -3.68. The summed E-state index contributed by atoms with van der Waals surface area (Å²) in [4.78, 5) is 26.6. The normalized spacial score (nSPS) is 15.4. The van der Waals surface area contributed by atoms with Crippen LogP contribution in [0.1, 0.15) is 18.1 Å². The highest BCUT2D eigenvalue weighted by molar-refractivity contribution is 6.20. The van der Waals surface area contributed by atoms with Gasteiger partial charge in [-0.15, -0.1) is 0 Å². The summed E-state index contributed by atoms with van der Waals surface area (Å²) >= 11 is 0. The van der Waals surface area contributed by atoms with Gasteiger partial charge in [-0.25, -0.2) is 4.99 Å². The van der Waals surface area contributed by atoms with Crippen LogP contribution in [0.3, 0.4) is 0 Å². The summed E-state index contributed by atoms with van der Waals surface area (Å²) in [7, 11) is 1.49. The zero-order chi connectivity index (χ0) is 19.7. The van der Waals surface area contributed by atoms with Crippen LogP contribution in [-0.4, -0.2) is 52.8 Å². The summed E-state index contributed by atoms with van der Waals surface area (Å²) in [5.74, 6) is 1.47. The largest absolute Gasteiger partial charge is 0.507 e. The van der Waals surface area contributed by atoms with Gasteiger partial charge < -0.3 is 19.5 Å². The van der Waals surface area contributed by atoms with Gasteiger partial charge in [0, 0.05) is 43.1 Å². The average molecular weight is 378 g/mol. The summed E-state index contributed by atoms with van der Waals surface area (Å²) in [5, 5.41) is 10.5. The van der Waals surface area contributed by atoms with E-state index in [1.807, 2.05) is 4.90 Å². The Balaban J connectivity index is 1.85. The first-order valence-corrected chi connectivity index (χ1v) is 8.70. The van der Waals surface area contributed by atoms with E-state index in [1.54, 1.807) is 42.7 Å². The Morgan fingerprint density at radius 2 is 2.18 bits per heavy atom. The van der Waals surface area contributed by atoms with Crippen molar-refractivity contribution in [3.63, 3.8) is 0 Å². The van der Waals surface area contributed by atoms with Crippen LogP contribution in [0.15, 0.2) is 52.7 Å². The number of hydrogen-bond acceptors (Lipinski definition) is 8. The fraction of sp³-hybridized carbons (Fsp3) is 0.200. The predicted molar refractivity (Wildman–Crippen MR) is 104 cm³/mol. The molecule has 1 aromatic heterocycles. The molecule has 0 bridgehead atoms. The Bertz CT molecular complexity index is 1030. The van der Waals surface area contributed by atoms with E-state index in [1.165, 1.54) is 14.0 Å². The van der Waals surface area contributed by atoms with Crippen LogP contribution in [0.5, 0.6) is 11.5 Å². The lowest BCUT2D eigenvalue weighted by Gasteiger charge is -2.27. The zero-order valence-corrected chi connectivity index (χ0v) is 15.4. The number of aromatic nitrogens is 1. The van der Waals surface area contributed by atoms with Crippen molar-refractivity contribution in [2.75, 3.05) is 20.2 Å². The summed E-state index contributed by atoms with van der Waals surface area (Å²) in [6.07, 6.45) is 4.78. The lowest BCUT2D eigenvalue weighted by Crippen LogP contribution is -2.36. The van der Waals surface area contributed by atoms with E-state index in [4.69, 9.17) is 9.47 Å². The molecule has 0 saturated heterocycles. The third kappa shape index (κ3) is 3.09. The molecule has 2 aromatic rings. The molecule has 8 nitrogen and oxygen atoms in total. The van der Waals surface area contributed by atoms with Crippen molar-refractivity contribution in [2.45, 2.75) is 6.92 Å². The monoisotopic (exact) mass is 378 g/mol. The van der Waals surface area contributed by atoms with Crippen LogP contribution in [0.25, 0.3) is 5.76 Å². The molecule has 0 spiro atoms. The van der Waals surface area contributed by atoms with Crippen LogP contribution in [0, 0.1) is 0 Å². The molecule has 1 aromatic carbocycles. The SMILES string of the molecule is COc1c(OC(C)=O)ccc2c1N=C(C=C(O)c1cccnc1)N1CCN=C21. The molecule has 0 atom stereocenters. The van der Waals surface area contributed by atoms with Crippen LogP contribution in [0.2, 0.25) is 0 Å². The van der Waals surface area contributed by atoms with E-state index < -0.39 is 5.97 Å². The van der Waals surface area contributed by atoms with Crippen LogP contribution in [0.4, 0.5) is 5.69 Å². The predicted octanol–water partition coefficient (Wildman–Crippen LogP) is 2.72. The van der Waals surface area contributed by atoms with Crippen LogP contribution in [-0.2, 0) is 4.79 Å². The Labute approximate surface area is 161 Å². The lowest BCUT2D eigenvalue weighted by molar-refractivity contribution is -0.132. The van der Waals surface area contributed by atoms with Gasteiger partial charge in [0.15, 0.2) is 11.5 Å². The smallest absolute Gasteiger partial charge is 0.308 e.